The van der Waals surface area contributed by atoms with Crippen molar-refractivity contribution in [3.8, 4) is 0 Å². The smallest absolute Gasteiger partial charge is 0.265 e. The third-order valence-corrected chi connectivity index (χ3v) is 9.32. The molecule has 8 nitrogen and oxygen atoms in total. The first kappa shape index (κ1) is 27.4. The van der Waals surface area contributed by atoms with Crippen molar-refractivity contribution >= 4 is 62.2 Å². The van der Waals surface area contributed by atoms with E-state index in [1.165, 1.54) is 33.1 Å². The minimum atomic E-state index is -0.246. The average molecular weight is 609 g/mol. The highest BCUT2D eigenvalue weighted by Crippen LogP contribution is 2.30. The van der Waals surface area contributed by atoms with Gasteiger partial charge >= 0.3 is 0 Å². The molecule has 43 heavy (non-hydrogen) atoms. The number of nitrogens with zero attached hydrogens (tertiary/aromatic N) is 5. The third-order valence-electron chi connectivity index (χ3n) is 8.12. The monoisotopic (exact) mass is 608 g/mol. The van der Waals surface area contributed by atoms with E-state index < -0.39 is 0 Å². The number of likely N-dealkylation sites (tertiary alicyclic amines) is 1. The highest BCUT2D eigenvalue weighted by Gasteiger charge is 2.24. The van der Waals surface area contributed by atoms with Crippen molar-refractivity contribution in [3.63, 3.8) is 0 Å². The zero-order valence-corrected chi connectivity index (χ0v) is 24.9. The Morgan fingerprint density at radius 2 is 1.70 bits per heavy atom. The Morgan fingerprint density at radius 3 is 2.44 bits per heavy atom. The van der Waals surface area contributed by atoms with Crippen molar-refractivity contribution in [2.75, 3.05) is 18.4 Å². The SMILES string of the molecule is O=C(Nc1cc(C(=O)N2CCCC(n3cc(Cn4c5ccccc5c5ccccc54)nn3)CC2)ccc1Cl)c1cccs1. The molecule has 3 aromatic carbocycles. The molecule has 1 fully saturated rings. The summed E-state index contributed by atoms with van der Waals surface area (Å²) in [5.74, 6) is -0.320. The topological polar surface area (TPSA) is 85.0 Å². The molecule has 0 bridgehead atoms. The molecule has 1 atom stereocenters. The Morgan fingerprint density at radius 1 is 0.930 bits per heavy atom. The third kappa shape index (κ3) is 5.42. The Balaban J connectivity index is 1.04. The van der Waals surface area contributed by atoms with Crippen molar-refractivity contribution < 1.29 is 9.59 Å². The number of halogens is 1. The maximum atomic E-state index is 13.5. The zero-order chi connectivity index (χ0) is 29.3. The fourth-order valence-electron chi connectivity index (χ4n) is 5.97. The maximum absolute atomic E-state index is 13.5. The van der Waals surface area contributed by atoms with Crippen LogP contribution in [0.4, 0.5) is 5.69 Å². The van der Waals surface area contributed by atoms with Gasteiger partial charge < -0.3 is 14.8 Å². The summed E-state index contributed by atoms with van der Waals surface area (Å²) in [4.78, 5) is 28.5. The maximum Gasteiger partial charge on any atom is 0.265 e. The summed E-state index contributed by atoms with van der Waals surface area (Å²) in [6.07, 6.45) is 4.59. The molecule has 7 rings (SSSR count). The minimum Gasteiger partial charge on any atom is -0.339 e. The molecule has 10 heteroatoms. The predicted octanol–water partition coefficient (Wildman–Crippen LogP) is 7.27. The van der Waals surface area contributed by atoms with Crippen LogP contribution in [0.15, 0.2) is 90.4 Å². The number of aromatic nitrogens is 4. The highest BCUT2D eigenvalue weighted by atomic mass is 35.5. The number of carbonyl (C=O) groups is 2. The van der Waals surface area contributed by atoms with E-state index in [2.05, 4.69) is 68.7 Å². The molecule has 0 radical (unpaired) electrons. The molecular formula is C33H29ClN6O2S. The van der Waals surface area contributed by atoms with Crippen molar-refractivity contribution in [2.24, 2.45) is 0 Å². The molecule has 3 aromatic heterocycles. The number of thiophene rings is 1. The van der Waals surface area contributed by atoms with E-state index >= 15 is 0 Å². The largest absolute Gasteiger partial charge is 0.339 e. The fraction of sp³-hybridized carbons (Fsp3) is 0.212. The van der Waals surface area contributed by atoms with Crippen molar-refractivity contribution in [1.29, 1.82) is 0 Å². The van der Waals surface area contributed by atoms with Crippen molar-refractivity contribution in [3.05, 3.63) is 112 Å². The standard InChI is InChI=1S/C33H29ClN6O2S/c34-27-14-13-22(19-28(27)35-32(41)31-12-6-18-43-31)33(42)38-16-5-7-24(15-17-38)40-21-23(36-37-40)20-39-29-10-3-1-8-25(29)26-9-2-4-11-30(26)39/h1-4,6,8-14,18-19,21,24H,5,7,15-17,20H2,(H,35,41). The van der Waals surface area contributed by atoms with Crippen molar-refractivity contribution in [2.45, 2.75) is 31.8 Å². The Bertz CT molecular complexity index is 1890. The normalized spacial score (nSPS) is 15.6. The van der Waals surface area contributed by atoms with E-state index in [-0.39, 0.29) is 17.9 Å². The summed E-state index contributed by atoms with van der Waals surface area (Å²) < 4.78 is 4.27. The number of fused-ring (bicyclic) bond motifs is 3. The van der Waals surface area contributed by atoms with Crippen LogP contribution in [-0.4, -0.2) is 49.4 Å². The predicted molar refractivity (Wildman–Crippen MR) is 171 cm³/mol. The summed E-state index contributed by atoms with van der Waals surface area (Å²) in [5, 5.41) is 16.6. The molecule has 1 N–H and O–H groups in total. The van der Waals surface area contributed by atoms with Gasteiger partial charge in [0.25, 0.3) is 11.8 Å². The van der Waals surface area contributed by atoms with Gasteiger partial charge in [-0.3, -0.25) is 9.59 Å². The molecule has 216 valence electrons. The first-order chi connectivity index (χ1) is 21.0. The fourth-order valence-corrected chi connectivity index (χ4v) is 6.76. The number of hydrogen-bond acceptors (Lipinski definition) is 5. The molecule has 0 spiro atoms. The lowest BCUT2D eigenvalue weighted by molar-refractivity contribution is 0.0759. The van der Waals surface area contributed by atoms with Crippen LogP contribution in [0.2, 0.25) is 5.02 Å². The van der Waals surface area contributed by atoms with Crippen LogP contribution < -0.4 is 5.32 Å². The van der Waals surface area contributed by atoms with Gasteiger partial charge in [0.05, 0.1) is 34.4 Å². The van der Waals surface area contributed by atoms with Crippen molar-refractivity contribution in [1.82, 2.24) is 24.5 Å². The number of para-hydroxylation sites is 2. The number of anilines is 1. The molecule has 1 unspecified atom stereocenters. The quantitative estimate of drug-likeness (QED) is 0.215. The second kappa shape index (κ2) is 11.7. The molecule has 0 saturated carbocycles. The van der Waals surface area contributed by atoms with E-state index in [1.807, 2.05) is 27.2 Å². The number of carbonyl (C=O) groups excluding carboxylic acids is 2. The minimum absolute atomic E-state index is 0.0745. The van der Waals surface area contributed by atoms with Gasteiger partial charge in [0.1, 0.15) is 5.69 Å². The zero-order valence-electron chi connectivity index (χ0n) is 23.3. The average Bonchev–Trinajstić information content (AvgIpc) is 3.76. The Labute approximate surface area is 257 Å². The lowest BCUT2D eigenvalue weighted by Gasteiger charge is -2.21. The van der Waals surface area contributed by atoms with Gasteiger partial charge in [-0.15, -0.1) is 16.4 Å². The van der Waals surface area contributed by atoms with Crippen LogP contribution in [0.3, 0.4) is 0 Å². The molecule has 4 heterocycles. The van der Waals surface area contributed by atoms with Gasteiger partial charge in [0.2, 0.25) is 0 Å². The molecule has 1 saturated heterocycles. The van der Waals surface area contributed by atoms with Gasteiger partial charge in [-0.1, -0.05) is 59.3 Å². The lowest BCUT2D eigenvalue weighted by Crippen LogP contribution is -2.32. The molecule has 6 aromatic rings. The summed E-state index contributed by atoms with van der Waals surface area (Å²) >= 11 is 7.71. The van der Waals surface area contributed by atoms with Crippen LogP contribution in [0.1, 0.15) is 51.0 Å². The van der Waals surface area contributed by atoms with Crippen LogP contribution in [0.5, 0.6) is 0 Å². The Hall–Kier alpha value is -4.47. The number of benzene rings is 3. The van der Waals surface area contributed by atoms with Gasteiger partial charge in [0, 0.05) is 40.5 Å². The molecule has 1 aliphatic heterocycles. The first-order valence-corrected chi connectivity index (χ1v) is 15.6. The highest BCUT2D eigenvalue weighted by molar-refractivity contribution is 7.12. The van der Waals surface area contributed by atoms with Gasteiger partial charge in [-0.2, -0.15) is 0 Å². The van der Waals surface area contributed by atoms with Crippen LogP contribution in [-0.2, 0) is 6.54 Å². The van der Waals surface area contributed by atoms with Gasteiger partial charge in [-0.25, -0.2) is 4.68 Å². The summed E-state index contributed by atoms with van der Waals surface area (Å²) in [6.45, 7) is 1.89. The van der Waals surface area contributed by atoms with E-state index in [1.54, 1.807) is 24.3 Å². The van der Waals surface area contributed by atoms with Gasteiger partial charge in [-0.05, 0) is 61.0 Å². The number of nitrogens with one attached hydrogen (secondary N) is 1. The molecule has 2 amide bonds. The second-order valence-corrected chi connectivity index (χ2v) is 12.2. The molecular weight excluding hydrogens is 580 g/mol. The lowest BCUT2D eigenvalue weighted by atomic mass is 10.1. The second-order valence-electron chi connectivity index (χ2n) is 10.8. The van der Waals surface area contributed by atoms with Gasteiger partial charge in [0.15, 0.2) is 0 Å². The summed E-state index contributed by atoms with van der Waals surface area (Å²) in [6, 6.07) is 25.7. The number of hydrogen-bond donors (Lipinski definition) is 1. The van der Waals surface area contributed by atoms with Crippen LogP contribution in [0, 0.1) is 0 Å². The molecule has 1 aliphatic rings. The van der Waals surface area contributed by atoms with E-state index in [9.17, 15) is 9.59 Å². The van der Waals surface area contributed by atoms with E-state index in [0.717, 1.165) is 25.0 Å². The van der Waals surface area contributed by atoms with E-state index in [0.29, 0.717) is 40.8 Å². The van der Waals surface area contributed by atoms with E-state index in [4.69, 9.17) is 11.6 Å². The first-order valence-electron chi connectivity index (χ1n) is 14.4. The summed E-state index contributed by atoms with van der Waals surface area (Å²) in [5.41, 5.74) is 4.19. The van der Waals surface area contributed by atoms with Crippen LogP contribution >= 0.6 is 22.9 Å². The number of rotatable bonds is 6. The summed E-state index contributed by atoms with van der Waals surface area (Å²) in [7, 11) is 0. The number of amides is 2. The Kier molecular flexibility index (Phi) is 7.42. The van der Waals surface area contributed by atoms with Crippen LogP contribution in [0.25, 0.3) is 21.8 Å². The molecule has 0 aliphatic carbocycles.